The quantitative estimate of drug-likeness (QED) is 0.170. The second-order valence-electron chi connectivity index (χ2n) is 7.27. The fourth-order valence-corrected chi connectivity index (χ4v) is 3.98. The van der Waals surface area contributed by atoms with E-state index in [2.05, 4.69) is 20.8 Å². The third-order valence-electron chi connectivity index (χ3n) is 4.83. The molecule has 1 heterocycles. The molecule has 0 radical (unpaired) electrons. The number of thioether (sulfide) groups is 1. The molecule has 12 nitrogen and oxygen atoms in total. The topological polar surface area (TPSA) is 158 Å². The van der Waals surface area contributed by atoms with Crippen LogP contribution in [0, 0.1) is 10.1 Å². The fourth-order valence-electron chi connectivity index (χ4n) is 3.16. The molecule has 2 N–H and O–H groups in total. The van der Waals surface area contributed by atoms with E-state index in [1.165, 1.54) is 42.1 Å². The van der Waals surface area contributed by atoms with Gasteiger partial charge in [-0.1, -0.05) is 23.9 Å². The summed E-state index contributed by atoms with van der Waals surface area (Å²) in [6.45, 7) is 4.40. The summed E-state index contributed by atoms with van der Waals surface area (Å²) < 4.78 is 6.73. The molecular formula is C23H24N6O6S. The monoisotopic (exact) mass is 512 g/mol. The van der Waals surface area contributed by atoms with Crippen molar-refractivity contribution in [3.8, 4) is 0 Å². The zero-order valence-electron chi connectivity index (χ0n) is 19.6. The highest BCUT2D eigenvalue weighted by atomic mass is 32.2. The molecule has 0 saturated heterocycles. The molecule has 0 bridgehead atoms. The number of nitro groups is 1. The van der Waals surface area contributed by atoms with Crippen molar-refractivity contribution < 1.29 is 24.0 Å². The summed E-state index contributed by atoms with van der Waals surface area (Å²) in [6.07, 6.45) is 0. The zero-order chi connectivity index (χ0) is 26.1. The molecule has 3 rings (SSSR count). The molecule has 188 valence electrons. The van der Waals surface area contributed by atoms with Gasteiger partial charge in [-0.05, 0) is 38.1 Å². The maximum atomic E-state index is 12.4. The zero-order valence-corrected chi connectivity index (χ0v) is 20.4. The van der Waals surface area contributed by atoms with E-state index < -0.39 is 16.8 Å². The van der Waals surface area contributed by atoms with Crippen molar-refractivity contribution in [3.05, 3.63) is 75.6 Å². The molecule has 0 saturated carbocycles. The molecule has 0 fully saturated rings. The summed E-state index contributed by atoms with van der Waals surface area (Å²) in [7, 11) is 0. The predicted octanol–water partition coefficient (Wildman–Crippen LogP) is 3.04. The Balaban J connectivity index is 1.57. The summed E-state index contributed by atoms with van der Waals surface area (Å²) in [6, 6.07) is 11.9. The number of rotatable bonds is 11. The van der Waals surface area contributed by atoms with Crippen LogP contribution >= 0.6 is 11.8 Å². The van der Waals surface area contributed by atoms with Gasteiger partial charge in [-0.2, -0.15) is 0 Å². The van der Waals surface area contributed by atoms with Crippen molar-refractivity contribution in [2.24, 2.45) is 0 Å². The fraction of sp³-hybridized carbons (Fsp3) is 0.261. The standard InChI is InChI=1S/C23H24N6O6S/c1-3-28-19(13-24-21(31)15-7-6-10-18(12-15)29(33)34)26-27-23(28)36-14-20(30)25-17-9-5-8-16(11-17)22(32)35-4-2/h5-12H,3-4,13-14H2,1-2H3,(H,24,31)(H,25,30). The van der Waals surface area contributed by atoms with Gasteiger partial charge >= 0.3 is 5.97 Å². The van der Waals surface area contributed by atoms with Crippen molar-refractivity contribution in [2.75, 3.05) is 17.7 Å². The SMILES string of the molecule is CCOC(=O)c1cccc(NC(=O)CSc2nnc(CNC(=O)c3cccc([N+](=O)[O-])c3)n2CC)c1. The number of nitrogens with one attached hydrogen (secondary N) is 2. The number of benzene rings is 2. The smallest absolute Gasteiger partial charge is 0.338 e. The second-order valence-corrected chi connectivity index (χ2v) is 8.21. The van der Waals surface area contributed by atoms with Gasteiger partial charge in [0.05, 0.1) is 29.4 Å². The van der Waals surface area contributed by atoms with Gasteiger partial charge in [0.2, 0.25) is 5.91 Å². The van der Waals surface area contributed by atoms with E-state index >= 15 is 0 Å². The molecule has 0 atom stereocenters. The highest BCUT2D eigenvalue weighted by molar-refractivity contribution is 7.99. The molecule has 0 aliphatic heterocycles. The Morgan fingerprint density at radius 2 is 1.83 bits per heavy atom. The molecule has 0 spiro atoms. The summed E-state index contributed by atoms with van der Waals surface area (Å²) in [5, 5.41) is 25.0. The number of carbonyl (C=O) groups excluding carboxylic acids is 3. The van der Waals surface area contributed by atoms with Crippen LogP contribution in [0.4, 0.5) is 11.4 Å². The first kappa shape index (κ1) is 26.3. The number of anilines is 1. The van der Waals surface area contributed by atoms with E-state index in [-0.39, 0.29) is 36.1 Å². The Kier molecular flexibility index (Phi) is 9.11. The van der Waals surface area contributed by atoms with Crippen molar-refractivity contribution in [3.63, 3.8) is 0 Å². The second kappa shape index (κ2) is 12.4. The number of ether oxygens (including phenoxy) is 1. The lowest BCUT2D eigenvalue weighted by Crippen LogP contribution is -2.25. The van der Waals surface area contributed by atoms with Gasteiger partial charge < -0.3 is 19.9 Å². The maximum absolute atomic E-state index is 12.4. The molecule has 1 aromatic heterocycles. The minimum Gasteiger partial charge on any atom is -0.462 e. The van der Waals surface area contributed by atoms with Crippen LogP contribution < -0.4 is 10.6 Å². The Morgan fingerprint density at radius 1 is 1.08 bits per heavy atom. The van der Waals surface area contributed by atoms with Crippen LogP contribution in [0.15, 0.2) is 53.7 Å². The van der Waals surface area contributed by atoms with Gasteiger partial charge in [0.15, 0.2) is 11.0 Å². The average Bonchev–Trinajstić information content (AvgIpc) is 3.28. The summed E-state index contributed by atoms with van der Waals surface area (Å²) in [5.41, 5.74) is 0.784. The van der Waals surface area contributed by atoms with E-state index in [0.29, 0.717) is 28.8 Å². The maximum Gasteiger partial charge on any atom is 0.338 e. The first-order chi connectivity index (χ1) is 17.3. The Morgan fingerprint density at radius 3 is 2.56 bits per heavy atom. The lowest BCUT2D eigenvalue weighted by atomic mass is 10.2. The summed E-state index contributed by atoms with van der Waals surface area (Å²) in [5.74, 6) is -0.734. The third-order valence-corrected chi connectivity index (χ3v) is 5.79. The Labute approximate surface area is 210 Å². The number of hydrogen-bond donors (Lipinski definition) is 2. The lowest BCUT2D eigenvalue weighted by Gasteiger charge is -2.09. The van der Waals surface area contributed by atoms with Crippen molar-refractivity contribution in [2.45, 2.75) is 32.1 Å². The number of esters is 1. The lowest BCUT2D eigenvalue weighted by molar-refractivity contribution is -0.384. The predicted molar refractivity (Wildman–Crippen MR) is 132 cm³/mol. The van der Waals surface area contributed by atoms with Crippen LogP contribution in [-0.2, 0) is 22.6 Å². The molecule has 0 aliphatic rings. The normalized spacial score (nSPS) is 10.5. The Bertz CT molecular complexity index is 1280. The molecule has 0 aliphatic carbocycles. The minimum absolute atomic E-state index is 0.0435. The number of nitro benzene ring substituents is 1. The van der Waals surface area contributed by atoms with Gasteiger partial charge in [0, 0.05) is 29.9 Å². The van der Waals surface area contributed by atoms with E-state index in [9.17, 15) is 24.5 Å². The average molecular weight is 513 g/mol. The number of aromatic nitrogens is 3. The van der Waals surface area contributed by atoms with Crippen molar-refractivity contribution in [1.82, 2.24) is 20.1 Å². The first-order valence-corrected chi connectivity index (χ1v) is 12.0. The summed E-state index contributed by atoms with van der Waals surface area (Å²) in [4.78, 5) is 47.1. The number of nitrogens with zero attached hydrogens (tertiary/aromatic N) is 4. The van der Waals surface area contributed by atoms with Crippen LogP contribution in [0.25, 0.3) is 0 Å². The number of amides is 2. The highest BCUT2D eigenvalue weighted by Gasteiger charge is 2.16. The van der Waals surface area contributed by atoms with Crippen molar-refractivity contribution in [1.29, 1.82) is 0 Å². The van der Waals surface area contributed by atoms with E-state index in [4.69, 9.17) is 4.74 Å². The van der Waals surface area contributed by atoms with Crippen LogP contribution in [0.1, 0.15) is 40.4 Å². The molecule has 2 aromatic carbocycles. The van der Waals surface area contributed by atoms with Crippen molar-refractivity contribution >= 4 is 40.9 Å². The number of non-ortho nitro benzene ring substituents is 1. The van der Waals surface area contributed by atoms with Crippen LogP contribution in [0.3, 0.4) is 0 Å². The largest absolute Gasteiger partial charge is 0.462 e. The van der Waals surface area contributed by atoms with Gasteiger partial charge in [-0.25, -0.2) is 4.79 Å². The molecule has 0 unspecified atom stereocenters. The van der Waals surface area contributed by atoms with Gasteiger partial charge in [-0.3, -0.25) is 19.7 Å². The molecule has 2 amide bonds. The van der Waals surface area contributed by atoms with Gasteiger partial charge in [0.1, 0.15) is 0 Å². The van der Waals surface area contributed by atoms with E-state index in [1.807, 2.05) is 6.92 Å². The van der Waals surface area contributed by atoms with Crippen LogP contribution in [0.5, 0.6) is 0 Å². The Hall–Kier alpha value is -4.26. The first-order valence-electron chi connectivity index (χ1n) is 11.0. The van der Waals surface area contributed by atoms with Crippen LogP contribution in [-0.4, -0.2) is 49.8 Å². The minimum atomic E-state index is -0.568. The molecular weight excluding hydrogens is 488 g/mol. The number of hydrogen-bond acceptors (Lipinski definition) is 9. The van der Waals surface area contributed by atoms with Gasteiger partial charge in [0.25, 0.3) is 11.6 Å². The molecule has 13 heteroatoms. The highest BCUT2D eigenvalue weighted by Crippen LogP contribution is 2.19. The molecule has 36 heavy (non-hydrogen) atoms. The number of carbonyl (C=O) groups is 3. The summed E-state index contributed by atoms with van der Waals surface area (Å²) >= 11 is 1.17. The van der Waals surface area contributed by atoms with E-state index in [1.54, 1.807) is 29.7 Å². The van der Waals surface area contributed by atoms with E-state index in [0.717, 1.165) is 0 Å². The molecule has 3 aromatic rings. The van der Waals surface area contributed by atoms with Crippen LogP contribution in [0.2, 0.25) is 0 Å². The third kappa shape index (κ3) is 6.88. The van der Waals surface area contributed by atoms with Gasteiger partial charge in [-0.15, -0.1) is 10.2 Å².